The van der Waals surface area contributed by atoms with Crippen molar-refractivity contribution in [2.45, 2.75) is 25.7 Å². The van der Waals surface area contributed by atoms with Crippen molar-refractivity contribution in [3.05, 3.63) is 24.0 Å². The molecule has 0 aliphatic rings. The van der Waals surface area contributed by atoms with E-state index in [9.17, 15) is 22.4 Å². The van der Waals surface area contributed by atoms with Gasteiger partial charge in [0.05, 0.1) is 12.8 Å². The van der Waals surface area contributed by atoms with Crippen LogP contribution in [0.3, 0.4) is 0 Å². The van der Waals surface area contributed by atoms with E-state index in [4.69, 9.17) is 4.74 Å². The molecule has 1 heterocycles. The number of halogens is 4. The molecular weight excluding hydrogens is 294 g/mol. The Hall–Kier alpha value is -1.70. The zero-order chi connectivity index (χ0) is 15.9. The number of aromatic nitrogens is 1. The molecule has 0 aromatic carbocycles. The van der Waals surface area contributed by atoms with Crippen molar-refractivity contribution in [1.82, 2.24) is 4.98 Å². The molecule has 1 rings (SSSR count). The van der Waals surface area contributed by atoms with Crippen molar-refractivity contribution < 1.29 is 31.8 Å². The lowest BCUT2D eigenvalue weighted by molar-refractivity contribution is -0.163. The first-order chi connectivity index (χ1) is 9.86. The minimum Gasteiger partial charge on any atom is -0.492 e. The van der Waals surface area contributed by atoms with E-state index in [0.29, 0.717) is 12.4 Å². The summed E-state index contributed by atoms with van der Waals surface area (Å²) in [6.45, 7) is 0.0903. The highest BCUT2D eigenvalue weighted by Gasteiger charge is 2.41. The molecule has 0 N–H and O–H groups in total. The van der Waals surface area contributed by atoms with Gasteiger partial charge in [0.2, 0.25) is 0 Å². The van der Waals surface area contributed by atoms with Crippen LogP contribution in [0, 0.1) is 0 Å². The zero-order valence-electron chi connectivity index (χ0n) is 11.3. The van der Waals surface area contributed by atoms with Gasteiger partial charge in [-0.3, -0.25) is 9.78 Å². The van der Waals surface area contributed by atoms with Crippen molar-refractivity contribution >= 4 is 5.78 Å². The Morgan fingerprint density at radius 3 is 2.71 bits per heavy atom. The van der Waals surface area contributed by atoms with Crippen molar-refractivity contribution in [2.75, 3.05) is 19.8 Å². The van der Waals surface area contributed by atoms with E-state index in [0.717, 1.165) is 6.42 Å². The second-order valence-corrected chi connectivity index (χ2v) is 4.24. The highest BCUT2D eigenvalue weighted by molar-refractivity contribution is 5.97. The standard InChI is InChI=1S/C13H15F4NO3/c1-2-3-21-10-4-9(5-18-6-10)11(19)7-20-8-13(16,17)12(14)15/h4-6,12H,2-3,7-8H2,1H3. The van der Waals surface area contributed by atoms with Gasteiger partial charge < -0.3 is 9.47 Å². The number of pyridine rings is 1. The van der Waals surface area contributed by atoms with Crippen LogP contribution in [-0.2, 0) is 4.74 Å². The average molecular weight is 309 g/mol. The number of carbonyl (C=O) groups is 1. The van der Waals surface area contributed by atoms with E-state index in [1.165, 1.54) is 18.5 Å². The fraction of sp³-hybridized carbons (Fsp3) is 0.538. The summed E-state index contributed by atoms with van der Waals surface area (Å²) in [5, 5.41) is 0. The Morgan fingerprint density at radius 2 is 2.10 bits per heavy atom. The monoisotopic (exact) mass is 309 g/mol. The molecule has 0 radical (unpaired) electrons. The maximum atomic E-state index is 12.6. The second-order valence-electron chi connectivity index (χ2n) is 4.24. The normalized spacial score (nSPS) is 11.7. The summed E-state index contributed by atoms with van der Waals surface area (Å²) in [6, 6.07) is 1.39. The number of Topliss-reactive ketones (excluding diaryl/α,β-unsaturated/α-hetero) is 1. The van der Waals surface area contributed by atoms with Crippen molar-refractivity contribution in [3.8, 4) is 5.75 Å². The maximum Gasteiger partial charge on any atom is 0.330 e. The summed E-state index contributed by atoms with van der Waals surface area (Å²) in [6.07, 6.45) is -0.446. The van der Waals surface area contributed by atoms with Crippen LogP contribution in [0.25, 0.3) is 0 Å². The first-order valence-corrected chi connectivity index (χ1v) is 6.21. The molecule has 0 aliphatic heterocycles. The highest BCUT2D eigenvalue weighted by Crippen LogP contribution is 2.23. The lowest BCUT2D eigenvalue weighted by Crippen LogP contribution is -2.33. The number of ketones is 1. The second kappa shape index (κ2) is 7.92. The van der Waals surface area contributed by atoms with Crippen LogP contribution in [0.4, 0.5) is 17.6 Å². The predicted octanol–water partition coefficient (Wildman–Crippen LogP) is 2.97. The molecule has 0 bridgehead atoms. The fourth-order valence-corrected chi connectivity index (χ4v) is 1.30. The molecule has 118 valence electrons. The van der Waals surface area contributed by atoms with E-state index in [2.05, 4.69) is 9.72 Å². The largest absolute Gasteiger partial charge is 0.492 e. The summed E-state index contributed by atoms with van der Waals surface area (Å²) in [4.78, 5) is 15.4. The summed E-state index contributed by atoms with van der Waals surface area (Å²) in [7, 11) is 0. The molecule has 0 aliphatic carbocycles. The average Bonchev–Trinajstić information content (AvgIpc) is 2.45. The van der Waals surface area contributed by atoms with Crippen LogP contribution in [0.15, 0.2) is 18.5 Å². The summed E-state index contributed by atoms with van der Waals surface area (Å²) < 4.78 is 58.6. The number of hydrogen-bond donors (Lipinski definition) is 0. The molecule has 0 fully saturated rings. The van der Waals surface area contributed by atoms with Gasteiger partial charge >= 0.3 is 12.3 Å². The SMILES string of the molecule is CCCOc1cncc(C(=O)COCC(F)(F)C(F)F)c1. The third kappa shape index (κ3) is 5.66. The molecule has 1 aromatic heterocycles. The lowest BCUT2D eigenvalue weighted by atomic mass is 10.2. The molecule has 21 heavy (non-hydrogen) atoms. The summed E-state index contributed by atoms with van der Waals surface area (Å²) in [5.74, 6) is -4.56. The Bertz CT molecular complexity index is 468. The van der Waals surface area contributed by atoms with E-state index in [1.54, 1.807) is 0 Å². The number of hydrogen-bond acceptors (Lipinski definition) is 4. The smallest absolute Gasteiger partial charge is 0.330 e. The van der Waals surface area contributed by atoms with Crippen LogP contribution in [-0.4, -0.2) is 42.9 Å². The predicted molar refractivity (Wildman–Crippen MR) is 66.1 cm³/mol. The molecule has 4 nitrogen and oxygen atoms in total. The Kier molecular flexibility index (Phi) is 6.54. The van der Waals surface area contributed by atoms with E-state index in [-0.39, 0.29) is 5.56 Å². The third-order valence-electron chi connectivity index (χ3n) is 2.35. The van der Waals surface area contributed by atoms with Crippen LogP contribution >= 0.6 is 0 Å². The highest BCUT2D eigenvalue weighted by atomic mass is 19.3. The summed E-state index contributed by atoms with van der Waals surface area (Å²) in [5.41, 5.74) is 0.101. The molecule has 8 heteroatoms. The van der Waals surface area contributed by atoms with E-state index < -0.39 is 31.3 Å². The van der Waals surface area contributed by atoms with Gasteiger partial charge in [-0.15, -0.1) is 0 Å². The molecule has 0 unspecified atom stereocenters. The minimum absolute atomic E-state index is 0.101. The molecule has 0 saturated carbocycles. The van der Waals surface area contributed by atoms with Gasteiger partial charge in [0, 0.05) is 11.8 Å². The van der Waals surface area contributed by atoms with Gasteiger partial charge in [0.25, 0.3) is 0 Å². The first-order valence-electron chi connectivity index (χ1n) is 6.21. The third-order valence-corrected chi connectivity index (χ3v) is 2.35. The van der Waals surface area contributed by atoms with Gasteiger partial charge in [-0.25, -0.2) is 8.78 Å². The molecule has 1 aromatic rings. The molecule has 0 atom stereocenters. The Balaban J connectivity index is 2.52. The number of alkyl halides is 4. The number of nitrogens with zero attached hydrogens (tertiary/aromatic N) is 1. The van der Waals surface area contributed by atoms with Gasteiger partial charge in [-0.1, -0.05) is 6.92 Å². The van der Waals surface area contributed by atoms with Gasteiger partial charge in [-0.2, -0.15) is 8.78 Å². The lowest BCUT2D eigenvalue weighted by Gasteiger charge is -2.14. The molecule has 0 amide bonds. The van der Waals surface area contributed by atoms with Crippen LogP contribution in [0.1, 0.15) is 23.7 Å². The number of carbonyl (C=O) groups excluding carboxylic acids is 1. The van der Waals surface area contributed by atoms with Crippen molar-refractivity contribution in [3.63, 3.8) is 0 Å². The topological polar surface area (TPSA) is 48.4 Å². The minimum atomic E-state index is -4.27. The number of ether oxygens (including phenoxy) is 2. The fourth-order valence-electron chi connectivity index (χ4n) is 1.30. The molecular formula is C13H15F4NO3. The molecule has 0 spiro atoms. The Morgan fingerprint density at radius 1 is 1.38 bits per heavy atom. The van der Waals surface area contributed by atoms with Gasteiger partial charge in [-0.05, 0) is 12.5 Å². The quantitative estimate of drug-likeness (QED) is 0.520. The van der Waals surface area contributed by atoms with Crippen LogP contribution in [0.2, 0.25) is 0 Å². The van der Waals surface area contributed by atoms with Gasteiger partial charge in [0.1, 0.15) is 19.0 Å². The van der Waals surface area contributed by atoms with Crippen LogP contribution in [0.5, 0.6) is 5.75 Å². The molecule has 0 saturated heterocycles. The van der Waals surface area contributed by atoms with Crippen molar-refractivity contribution in [2.24, 2.45) is 0 Å². The summed E-state index contributed by atoms with van der Waals surface area (Å²) >= 11 is 0. The van der Waals surface area contributed by atoms with Crippen molar-refractivity contribution in [1.29, 1.82) is 0 Å². The van der Waals surface area contributed by atoms with E-state index in [1.807, 2.05) is 6.92 Å². The maximum absolute atomic E-state index is 12.6. The van der Waals surface area contributed by atoms with E-state index >= 15 is 0 Å². The first kappa shape index (κ1) is 17.4. The van der Waals surface area contributed by atoms with Crippen LogP contribution < -0.4 is 4.74 Å². The number of rotatable bonds is 9. The Labute approximate surface area is 119 Å². The van der Waals surface area contributed by atoms with Gasteiger partial charge in [0.15, 0.2) is 5.78 Å². The zero-order valence-corrected chi connectivity index (χ0v) is 11.3.